The maximum Gasteiger partial charge on any atom is 0.119 e. The van der Waals surface area contributed by atoms with E-state index in [2.05, 4.69) is 21.2 Å². The summed E-state index contributed by atoms with van der Waals surface area (Å²) in [5.41, 5.74) is 2.91. The number of anilines is 1. The van der Waals surface area contributed by atoms with Gasteiger partial charge in [0.15, 0.2) is 0 Å². The van der Waals surface area contributed by atoms with E-state index in [1.165, 1.54) is 0 Å². The summed E-state index contributed by atoms with van der Waals surface area (Å²) in [6.45, 7) is 2.60. The fourth-order valence-corrected chi connectivity index (χ4v) is 3.42. The molecule has 5 heteroatoms. The van der Waals surface area contributed by atoms with Gasteiger partial charge in [-0.05, 0) is 66.6 Å². The van der Waals surface area contributed by atoms with Crippen molar-refractivity contribution in [1.29, 1.82) is 0 Å². The van der Waals surface area contributed by atoms with Crippen LogP contribution >= 0.6 is 27.5 Å². The number of halogens is 2. The zero-order valence-corrected chi connectivity index (χ0v) is 18.0. The monoisotopic (exact) mass is 459 g/mol. The molecule has 2 unspecified atom stereocenters. The molecule has 0 aliphatic carbocycles. The van der Waals surface area contributed by atoms with Crippen LogP contribution < -0.4 is 10.1 Å². The Balaban J connectivity index is 1.80. The predicted molar refractivity (Wildman–Crippen MR) is 119 cm³/mol. The Hall–Kier alpha value is -2.01. The molecule has 0 bridgehead atoms. The number of ether oxygens (including phenoxy) is 1. The maximum absolute atomic E-state index is 10.8. The summed E-state index contributed by atoms with van der Waals surface area (Å²) in [4.78, 5) is 0. The molecular weight excluding hydrogens is 438 g/mol. The molecule has 0 saturated heterocycles. The average molecular weight is 461 g/mol. The molecule has 3 rings (SSSR count). The standard InChI is InChI=1S/C23H23BrClNO2/c1-2-28-21-13-11-20(12-14-21)26-22(16-5-9-19(25)10-6-16)15-23(27)17-3-7-18(24)8-4-17/h3-14,22-23,26-27H,2,15H2,1H3. The van der Waals surface area contributed by atoms with Crippen LogP contribution in [0.3, 0.4) is 0 Å². The van der Waals surface area contributed by atoms with Gasteiger partial charge in [0.05, 0.1) is 18.8 Å². The second-order valence-electron chi connectivity index (χ2n) is 6.51. The normalized spacial score (nSPS) is 13.0. The van der Waals surface area contributed by atoms with Crippen LogP contribution in [-0.4, -0.2) is 11.7 Å². The minimum atomic E-state index is -0.594. The number of hydrogen-bond donors (Lipinski definition) is 2. The zero-order valence-electron chi connectivity index (χ0n) is 15.6. The van der Waals surface area contributed by atoms with E-state index >= 15 is 0 Å². The Bertz CT molecular complexity index is 867. The number of benzene rings is 3. The third-order valence-electron chi connectivity index (χ3n) is 4.49. The molecule has 2 N–H and O–H groups in total. The van der Waals surface area contributed by atoms with Gasteiger partial charge in [-0.1, -0.05) is 51.8 Å². The summed E-state index contributed by atoms with van der Waals surface area (Å²) in [5, 5.41) is 15.0. The molecular formula is C23H23BrClNO2. The summed E-state index contributed by atoms with van der Waals surface area (Å²) < 4.78 is 6.50. The van der Waals surface area contributed by atoms with Gasteiger partial charge in [-0.3, -0.25) is 0 Å². The average Bonchev–Trinajstić information content (AvgIpc) is 2.70. The van der Waals surface area contributed by atoms with Gasteiger partial charge in [0.25, 0.3) is 0 Å². The SMILES string of the molecule is CCOc1ccc(NC(CC(O)c2ccc(Br)cc2)c2ccc(Cl)cc2)cc1. The van der Waals surface area contributed by atoms with Crippen molar-refractivity contribution >= 4 is 33.2 Å². The molecule has 28 heavy (non-hydrogen) atoms. The molecule has 3 aromatic rings. The van der Waals surface area contributed by atoms with E-state index in [-0.39, 0.29) is 6.04 Å². The Morgan fingerprint density at radius 2 is 1.54 bits per heavy atom. The molecule has 0 radical (unpaired) electrons. The Kier molecular flexibility index (Phi) is 7.37. The lowest BCUT2D eigenvalue weighted by atomic mass is 9.96. The molecule has 0 aliphatic rings. The lowest BCUT2D eigenvalue weighted by molar-refractivity contribution is 0.160. The van der Waals surface area contributed by atoms with Crippen LogP contribution in [0.25, 0.3) is 0 Å². The van der Waals surface area contributed by atoms with Crippen molar-refractivity contribution in [1.82, 2.24) is 0 Å². The Labute approximate surface area is 179 Å². The Morgan fingerprint density at radius 3 is 2.14 bits per heavy atom. The number of rotatable bonds is 8. The van der Waals surface area contributed by atoms with Crippen molar-refractivity contribution in [2.45, 2.75) is 25.5 Å². The molecule has 2 atom stereocenters. The first-order valence-electron chi connectivity index (χ1n) is 9.23. The van der Waals surface area contributed by atoms with E-state index in [1.807, 2.05) is 79.7 Å². The first-order chi connectivity index (χ1) is 13.5. The van der Waals surface area contributed by atoms with Crippen LogP contribution in [0.1, 0.15) is 36.6 Å². The molecule has 3 aromatic carbocycles. The highest BCUT2D eigenvalue weighted by Crippen LogP contribution is 2.31. The molecule has 3 nitrogen and oxygen atoms in total. The van der Waals surface area contributed by atoms with Gasteiger partial charge in [0.1, 0.15) is 5.75 Å². The largest absolute Gasteiger partial charge is 0.494 e. The van der Waals surface area contributed by atoms with E-state index in [4.69, 9.17) is 16.3 Å². The number of aliphatic hydroxyl groups is 1. The lowest BCUT2D eigenvalue weighted by Crippen LogP contribution is -2.15. The predicted octanol–water partition coefficient (Wildman–Crippen LogP) is 6.78. The van der Waals surface area contributed by atoms with Crippen LogP contribution in [0.15, 0.2) is 77.3 Å². The first kappa shape index (κ1) is 20.7. The van der Waals surface area contributed by atoms with Crippen molar-refractivity contribution in [3.05, 3.63) is 93.4 Å². The smallest absolute Gasteiger partial charge is 0.119 e. The number of aliphatic hydroxyl groups excluding tert-OH is 1. The van der Waals surface area contributed by atoms with Crippen LogP contribution in [-0.2, 0) is 0 Å². The summed E-state index contributed by atoms with van der Waals surface area (Å²) in [7, 11) is 0. The van der Waals surface area contributed by atoms with E-state index in [1.54, 1.807) is 0 Å². The minimum Gasteiger partial charge on any atom is -0.494 e. The fourth-order valence-electron chi connectivity index (χ4n) is 3.03. The van der Waals surface area contributed by atoms with E-state index in [0.29, 0.717) is 18.1 Å². The van der Waals surface area contributed by atoms with Crippen LogP contribution in [0.4, 0.5) is 5.69 Å². The molecule has 146 valence electrons. The Morgan fingerprint density at radius 1 is 0.929 bits per heavy atom. The van der Waals surface area contributed by atoms with Gasteiger partial charge in [-0.25, -0.2) is 0 Å². The summed E-state index contributed by atoms with van der Waals surface area (Å²) >= 11 is 9.49. The molecule has 0 fully saturated rings. The van der Waals surface area contributed by atoms with Gasteiger partial charge in [0.2, 0.25) is 0 Å². The van der Waals surface area contributed by atoms with E-state index < -0.39 is 6.10 Å². The molecule has 0 aromatic heterocycles. The van der Waals surface area contributed by atoms with Crippen LogP contribution in [0, 0.1) is 0 Å². The van der Waals surface area contributed by atoms with E-state index in [9.17, 15) is 5.11 Å². The third kappa shape index (κ3) is 5.74. The van der Waals surface area contributed by atoms with Crippen molar-refractivity contribution in [3.63, 3.8) is 0 Å². The third-order valence-corrected chi connectivity index (χ3v) is 5.27. The summed E-state index contributed by atoms with van der Waals surface area (Å²) in [5.74, 6) is 0.839. The maximum atomic E-state index is 10.8. The lowest BCUT2D eigenvalue weighted by Gasteiger charge is -2.24. The topological polar surface area (TPSA) is 41.5 Å². The van der Waals surface area contributed by atoms with Gasteiger partial charge >= 0.3 is 0 Å². The van der Waals surface area contributed by atoms with Gasteiger partial charge in [-0.15, -0.1) is 0 Å². The highest BCUT2D eigenvalue weighted by atomic mass is 79.9. The molecule has 0 heterocycles. The second kappa shape index (κ2) is 9.97. The number of hydrogen-bond acceptors (Lipinski definition) is 3. The highest BCUT2D eigenvalue weighted by molar-refractivity contribution is 9.10. The molecule has 0 saturated carbocycles. The van der Waals surface area contributed by atoms with Gasteiger partial charge < -0.3 is 15.2 Å². The van der Waals surface area contributed by atoms with Crippen molar-refractivity contribution in [2.75, 3.05) is 11.9 Å². The zero-order chi connectivity index (χ0) is 19.9. The van der Waals surface area contributed by atoms with E-state index in [0.717, 1.165) is 27.0 Å². The number of nitrogens with one attached hydrogen (secondary N) is 1. The highest BCUT2D eigenvalue weighted by Gasteiger charge is 2.18. The van der Waals surface area contributed by atoms with Crippen LogP contribution in [0.5, 0.6) is 5.75 Å². The van der Waals surface area contributed by atoms with Crippen molar-refractivity contribution in [3.8, 4) is 5.75 Å². The van der Waals surface area contributed by atoms with Gasteiger partial charge in [0, 0.05) is 21.6 Å². The summed E-state index contributed by atoms with van der Waals surface area (Å²) in [6, 6.07) is 23.2. The van der Waals surface area contributed by atoms with Crippen molar-refractivity contribution in [2.24, 2.45) is 0 Å². The van der Waals surface area contributed by atoms with Gasteiger partial charge in [-0.2, -0.15) is 0 Å². The molecule has 0 amide bonds. The first-order valence-corrected chi connectivity index (χ1v) is 10.4. The summed E-state index contributed by atoms with van der Waals surface area (Å²) in [6.07, 6.45) is -0.0693. The van der Waals surface area contributed by atoms with Crippen molar-refractivity contribution < 1.29 is 9.84 Å². The fraction of sp³-hybridized carbons (Fsp3) is 0.217. The second-order valence-corrected chi connectivity index (χ2v) is 7.86. The quantitative estimate of drug-likeness (QED) is 0.389. The molecule has 0 spiro atoms. The minimum absolute atomic E-state index is 0.0751. The van der Waals surface area contributed by atoms with Crippen LogP contribution in [0.2, 0.25) is 5.02 Å². The molecule has 0 aliphatic heterocycles.